The minimum absolute atomic E-state index is 0.00732. The Balaban J connectivity index is 1.54. The van der Waals surface area contributed by atoms with E-state index in [4.69, 9.17) is 0 Å². The normalized spacial score (nSPS) is 18.5. The number of anilines is 1. The maximum atomic E-state index is 12.7. The van der Waals surface area contributed by atoms with Crippen LogP contribution in [-0.4, -0.2) is 37.5 Å². The molecule has 1 heterocycles. The van der Waals surface area contributed by atoms with Crippen molar-refractivity contribution in [3.05, 3.63) is 29.8 Å². The fraction of sp³-hybridized carbons (Fsp3) is 0.652. The van der Waals surface area contributed by atoms with Crippen molar-refractivity contribution in [3.8, 4) is 0 Å². The van der Waals surface area contributed by atoms with E-state index in [2.05, 4.69) is 29.4 Å². The SMILES string of the molecule is CC(C)CCNC(=O)c1ccccc1N1CCC(NC(=O)C2CCCC2)CC1. The van der Waals surface area contributed by atoms with Crippen LogP contribution in [0.25, 0.3) is 0 Å². The number of piperidine rings is 1. The molecular weight excluding hydrogens is 350 g/mol. The molecule has 1 aliphatic heterocycles. The molecule has 0 atom stereocenters. The van der Waals surface area contributed by atoms with Crippen molar-refractivity contribution in [1.29, 1.82) is 0 Å². The smallest absolute Gasteiger partial charge is 0.253 e. The summed E-state index contributed by atoms with van der Waals surface area (Å²) >= 11 is 0. The minimum atomic E-state index is 0.00732. The van der Waals surface area contributed by atoms with Crippen molar-refractivity contribution in [2.75, 3.05) is 24.5 Å². The van der Waals surface area contributed by atoms with Crippen molar-refractivity contribution in [1.82, 2.24) is 10.6 Å². The second-order valence-electron chi connectivity index (χ2n) is 8.71. The van der Waals surface area contributed by atoms with Gasteiger partial charge < -0.3 is 15.5 Å². The quantitative estimate of drug-likeness (QED) is 0.752. The molecule has 2 N–H and O–H groups in total. The van der Waals surface area contributed by atoms with Gasteiger partial charge in [-0.1, -0.05) is 38.8 Å². The second kappa shape index (κ2) is 9.94. The lowest BCUT2D eigenvalue weighted by Crippen LogP contribution is -2.46. The molecule has 0 spiro atoms. The summed E-state index contributed by atoms with van der Waals surface area (Å²) in [5.41, 5.74) is 1.75. The summed E-state index contributed by atoms with van der Waals surface area (Å²) in [6.45, 7) is 6.77. The third kappa shape index (κ3) is 5.49. The van der Waals surface area contributed by atoms with E-state index in [-0.39, 0.29) is 23.8 Å². The zero-order chi connectivity index (χ0) is 19.9. The second-order valence-corrected chi connectivity index (χ2v) is 8.71. The van der Waals surface area contributed by atoms with Crippen LogP contribution in [-0.2, 0) is 4.79 Å². The van der Waals surface area contributed by atoms with Crippen LogP contribution in [0, 0.1) is 11.8 Å². The highest BCUT2D eigenvalue weighted by Gasteiger charge is 2.27. The zero-order valence-electron chi connectivity index (χ0n) is 17.4. The number of carbonyl (C=O) groups excluding carboxylic acids is 2. The van der Waals surface area contributed by atoms with E-state index < -0.39 is 0 Å². The Hall–Kier alpha value is -2.04. The van der Waals surface area contributed by atoms with E-state index >= 15 is 0 Å². The van der Waals surface area contributed by atoms with Gasteiger partial charge >= 0.3 is 0 Å². The molecule has 3 rings (SSSR count). The van der Waals surface area contributed by atoms with Crippen molar-refractivity contribution in [2.24, 2.45) is 11.8 Å². The fourth-order valence-corrected chi connectivity index (χ4v) is 4.28. The number of carbonyl (C=O) groups is 2. The highest BCUT2D eigenvalue weighted by Crippen LogP contribution is 2.27. The van der Waals surface area contributed by atoms with Crippen LogP contribution in [0.15, 0.2) is 24.3 Å². The molecule has 28 heavy (non-hydrogen) atoms. The molecule has 0 aromatic heterocycles. The standard InChI is InChI=1S/C23H35N3O2/c1-17(2)11-14-24-23(28)20-9-5-6-10-21(20)26-15-12-19(13-16-26)25-22(27)18-7-3-4-8-18/h5-6,9-10,17-19H,3-4,7-8,11-16H2,1-2H3,(H,24,28)(H,25,27). The van der Waals surface area contributed by atoms with Crippen LogP contribution in [0.1, 0.15) is 69.2 Å². The molecule has 1 aromatic carbocycles. The number of benzene rings is 1. The van der Waals surface area contributed by atoms with Crippen LogP contribution in [0.5, 0.6) is 0 Å². The molecule has 1 saturated heterocycles. The van der Waals surface area contributed by atoms with Gasteiger partial charge in [0.05, 0.1) is 5.56 Å². The summed E-state index contributed by atoms with van der Waals surface area (Å²) in [4.78, 5) is 27.3. The van der Waals surface area contributed by atoms with Crippen LogP contribution in [0.2, 0.25) is 0 Å². The molecule has 154 valence electrons. The molecule has 0 radical (unpaired) electrons. The van der Waals surface area contributed by atoms with Gasteiger partial charge in [-0.25, -0.2) is 0 Å². The Kier molecular flexibility index (Phi) is 7.35. The lowest BCUT2D eigenvalue weighted by molar-refractivity contribution is -0.125. The van der Waals surface area contributed by atoms with Gasteiger partial charge in [0, 0.05) is 37.3 Å². The van der Waals surface area contributed by atoms with Crippen molar-refractivity contribution in [2.45, 2.75) is 64.8 Å². The van der Waals surface area contributed by atoms with E-state index in [1.54, 1.807) is 0 Å². The number of hydrogen-bond acceptors (Lipinski definition) is 3. The van der Waals surface area contributed by atoms with Gasteiger partial charge in [-0.05, 0) is 50.2 Å². The molecule has 1 aliphatic carbocycles. The largest absolute Gasteiger partial charge is 0.371 e. The summed E-state index contributed by atoms with van der Waals surface area (Å²) in [7, 11) is 0. The molecular formula is C23H35N3O2. The molecule has 0 bridgehead atoms. The molecule has 5 nitrogen and oxygen atoms in total. The van der Waals surface area contributed by atoms with E-state index in [1.807, 2.05) is 24.3 Å². The lowest BCUT2D eigenvalue weighted by atomic mass is 10.0. The first-order valence-corrected chi connectivity index (χ1v) is 11.0. The van der Waals surface area contributed by atoms with Crippen molar-refractivity contribution in [3.63, 3.8) is 0 Å². The summed E-state index contributed by atoms with van der Waals surface area (Å²) in [5, 5.41) is 6.32. The first kappa shape index (κ1) is 20.7. The van der Waals surface area contributed by atoms with Gasteiger partial charge in [0.15, 0.2) is 0 Å². The summed E-state index contributed by atoms with van der Waals surface area (Å²) < 4.78 is 0. The maximum Gasteiger partial charge on any atom is 0.253 e. The van der Waals surface area contributed by atoms with Gasteiger partial charge in [0.2, 0.25) is 5.91 Å². The molecule has 2 aliphatic rings. The van der Waals surface area contributed by atoms with Gasteiger partial charge in [0.25, 0.3) is 5.91 Å². The lowest BCUT2D eigenvalue weighted by Gasteiger charge is -2.35. The predicted molar refractivity (Wildman–Crippen MR) is 114 cm³/mol. The Labute approximate surface area is 169 Å². The summed E-state index contributed by atoms with van der Waals surface area (Å²) in [6.07, 6.45) is 7.32. The molecule has 1 aromatic rings. The Morgan fingerprint density at radius 1 is 1.07 bits per heavy atom. The van der Waals surface area contributed by atoms with E-state index in [9.17, 15) is 9.59 Å². The zero-order valence-corrected chi connectivity index (χ0v) is 17.4. The Morgan fingerprint density at radius 2 is 1.75 bits per heavy atom. The number of hydrogen-bond donors (Lipinski definition) is 2. The summed E-state index contributed by atoms with van der Waals surface area (Å²) in [6, 6.07) is 8.13. The van der Waals surface area contributed by atoms with Gasteiger partial charge in [-0.3, -0.25) is 9.59 Å². The van der Waals surface area contributed by atoms with Crippen molar-refractivity contribution >= 4 is 17.5 Å². The molecule has 0 unspecified atom stereocenters. The van der Waals surface area contributed by atoms with Gasteiger partial charge in [-0.15, -0.1) is 0 Å². The number of nitrogens with zero attached hydrogens (tertiary/aromatic N) is 1. The number of nitrogens with one attached hydrogen (secondary N) is 2. The molecule has 5 heteroatoms. The van der Waals surface area contributed by atoms with Crippen LogP contribution < -0.4 is 15.5 Å². The first-order valence-electron chi connectivity index (χ1n) is 11.0. The van der Waals surface area contributed by atoms with Gasteiger partial charge in [-0.2, -0.15) is 0 Å². The third-order valence-corrected chi connectivity index (χ3v) is 6.06. The molecule has 2 fully saturated rings. The predicted octanol–water partition coefficient (Wildman–Crippen LogP) is 3.74. The molecule has 1 saturated carbocycles. The van der Waals surface area contributed by atoms with Crippen LogP contribution in [0.3, 0.4) is 0 Å². The number of para-hydroxylation sites is 1. The minimum Gasteiger partial charge on any atom is -0.371 e. The summed E-state index contributed by atoms with van der Waals surface area (Å²) in [5.74, 6) is 1.07. The Bertz CT molecular complexity index is 660. The first-order chi connectivity index (χ1) is 13.5. The maximum absolute atomic E-state index is 12.7. The third-order valence-electron chi connectivity index (χ3n) is 6.06. The Morgan fingerprint density at radius 3 is 2.43 bits per heavy atom. The fourth-order valence-electron chi connectivity index (χ4n) is 4.28. The van der Waals surface area contributed by atoms with E-state index in [0.29, 0.717) is 12.5 Å². The van der Waals surface area contributed by atoms with E-state index in [1.165, 1.54) is 12.8 Å². The van der Waals surface area contributed by atoms with Crippen LogP contribution in [0.4, 0.5) is 5.69 Å². The topological polar surface area (TPSA) is 61.4 Å². The molecule has 2 amide bonds. The number of amides is 2. The highest BCUT2D eigenvalue weighted by atomic mass is 16.2. The average molecular weight is 386 g/mol. The highest BCUT2D eigenvalue weighted by molar-refractivity contribution is 5.99. The number of rotatable bonds is 7. The van der Waals surface area contributed by atoms with Gasteiger partial charge in [0.1, 0.15) is 0 Å². The van der Waals surface area contributed by atoms with Crippen molar-refractivity contribution < 1.29 is 9.59 Å². The average Bonchev–Trinajstić information content (AvgIpc) is 3.23. The van der Waals surface area contributed by atoms with Crippen LogP contribution >= 0.6 is 0 Å². The monoisotopic (exact) mass is 385 g/mol. The van der Waals surface area contributed by atoms with E-state index in [0.717, 1.165) is 56.4 Å².